The molecule has 0 saturated heterocycles. The van der Waals surface area contributed by atoms with E-state index in [1.165, 1.54) is 5.56 Å². The fraction of sp³-hybridized carbons (Fsp3) is 0.556. The third-order valence-electron chi connectivity index (χ3n) is 4.62. The smallest absolute Gasteiger partial charge is 0.230 e. The molecule has 1 aliphatic carbocycles. The summed E-state index contributed by atoms with van der Waals surface area (Å²) in [6.07, 6.45) is 2.60. The first-order valence-corrected chi connectivity index (χ1v) is 8.25. The highest BCUT2D eigenvalue weighted by Crippen LogP contribution is 2.42. The summed E-state index contributed by atoms with van der Waals surface area (Å²) in [4.78, 5) is 26.6. The van der Waals surface area contributed by atoms with E-state index in [4.69, 9.17) is 0 Å². The zero-order chi connectivity index (χ0) is 15.7. The first-order valence-electron chi connectivity index (χ1n) is 8.25. The summed E-state index contributed by atoms with van der Waals surface area (Å²) in [5.41, 5.74) is 2.26. The van der Waals surface area contributed by atoms with E-state index in [-0.39, 0.29) is 23.7 Å². The number of amides is 2. The summed E-state index contributed by atoms with van der Waals surface area (Å²) in [7, 11) is 0. The molecule has 0 aromatic heterocycles. The summed E-state index contributed by atoms with van der Waals surface area (Å²) in [6.45, 7) is 5.73. The van der Waals surface area contributed by atoms with Crippen molar-refractivity contribution in [2.75, 3.05) is 18.0 Å². The molecule has 2 unspecified atom stereocenters. The molecule has 1 saturated carbocycles. The number of nitrogens with zero attached hydrogens (tertiary/aromatic N) is 1. The molecule has 4 heteroatoms. The van der Waals surface area contributed by atoms with E-state index in [1.807, 2.05) is 23.1 Å². The largest absolute Gasteiger partial charge is 0.356 e. The van der Waals surface area contributed by atoms with Crippen LogP contribution in [0.5, 0.6) is 0 Å². The van der Waals surface area contributed by atoms with Crippen LogP contribution in [-0.2, 0) is 16.0 Å². The predicted molar refractivity (Wildman–Crippen MR) is 86.6 cm³/mol. The number of rotatable bonds is 5. The number of fused-ring (bicyclic) bond motifs is 1. The number of hydrogen-bond donors (Lipinski definition) is 1. The first-order chi connectivity index (χ1) is 10.6. The van der Waals surface area contributed by atoms with E-state index in [1.54, 1.807) is 0 Å². The minimum Gasteiger partial charge on any atom is -0.356 e. The SMILES string of the molecule is CC(C)CCNC(=O)C1CC1C(=O)N1CCc2ccccc21. The molecule has 4 nitrogen and oxygen atoms in total. The number of carbonyl (C=O) groups is 2. The second-order valence-corrected chi connectivity index (χ2v) is 6.79. The molecule has 1 aliphatic heterocycles. The molecule has 118 valence electrons. The van der Waals surface area contributed by atoms with Crippen molar-refractivity contribution in [2.45, 2.75) is 33.1 Å². The number of carbonyl (C=O) groups excluding carboxylic acids is 2. The van der Waals surface area contributed by atoms with Crippen molar-refractivity contribution in [1.29, 1.82) is 0 Å². The molecule has 2 amide bonds. The lowest BCUT2D eigenvalue weighted by atomic mass is 10.1. The summed E-state index contributed by atoms with van der Waals surface area (Å²) < 4.78 is 0. The van der Waals surface area contributed by atoms with Crippen LogP contribution in [-0.4, -0.2) is 24.9 Å². The molecule has 1 aromatic rings. The molecule has 1 N–H and O–H groups in total. The van der Waals surface area contributed by atoms with Crippen LogP contribution in [0.3, 0.4) is 0 Å². The van der Waals surface area contributed by atoms with E-state index in [9.17, 15) is 9.59 Å². The van der Waals surface area contributed by atoms with Crippen LogP contribution in [0.2, 0.25) is 0 Å². The minimum absolute atomic E-state index is 0.0477. The van der Waals surface area contributed by atoms with Gasteiger partial charge in [-0.25, -0.2) is 0 Å². The topological polar surface area (TPSA) is 49.4 Å². The standard InChI is InChI=1S/C18H24N2O2/c1-12(2)7-9-19-17(21)14-11-15(14)18(22)20-10-8-13-5-3-4-6-16(13)20/h3-6,12,14-15H,7-11H2,1-2H3,(H,19,21). The van der Waals surface area contributed by atoms with Gasteiger partial charge in [0.2, 0.25) is 11.8 Å². The monoisotopic (exact) mass is 300 g/mol. The van der Waals surface area contributed by atoms with Gasteiger partial charge in [-0.15, -0.1) is 0 Å². The Morgan fingerprint density at radius 2 is 2.05 bits per heavy atom. The van der Waals surface area contributed by atoms with Crippen molar-refractivity contribution in [3.63, 3.8) is 0 Å². The van der Waals surface area contributed by atoms with Crippen LogP contribution in [0.15, 0.2) is 24.3 Å². The fourth-order valence-electron chi connectivity index (χ4n) is 3.14. The molecule has 1 heterocycles. The van der Waals surface area contributed by atoms with Crippen LogP contribution in [0, 0.1) is 17.8 Å². The zero-order valence-corrected chi connectivity index (χ0v) is 13.3. The summed E-state index contributed by atoms with van der Waals surface area (Å²) in [6, 6.07) is 8.05. The van der Waals surface area contributed by atoms with E-state index < -0.39 is 0 Å². The minimum atomic E-state index is -0.120. The van der Waals surface area contributed by atoms with Gasteiger partial charge in [-0.05, 0) is 36.8 Å². The lowest BCUT2D eigenvalue weighted by molar-refractivity contribution is -0.126. The molecule has 0 spiro atoms. The predicted octanol–water partition coefficient (Wildman–Crippen LogP) is 2.37. The maximum absolute atomic E-state index is 12.6. The maximum atomic E-state index is 12.6. The highest BCUT2D eigenvalue weighted by Gasteiger charge is 2.50. The lowest BCUT2D eigenvalue weighted by Crippen LogP contribution is -2.33. The highest BCUT2D eigenvalue weighted by molar-refractivity contribution is 6.02. The van der Waals surface area contributed by atoms with Crippen LogP contribution in [0.1, 0.15) is 32.3 Å². The number of nitrogens with one attached hydrogen (secondary N) is 1. The van der Waals surface area contributed by atoms with Gasteiger partial charge >= 0.3 is 0 Å². The van der Waals surface area contributed by atoms with Crippen molar-refractivity contribution in [3.8, 4) is 0 Å². The second kappa shape index (κ2) is 6.11. The highest BCUT2D eigenvalue weighted by atomic mass is 16.2. The average molecular weight is 300 g/mol. The molecule has 1 aromatic carbocycles. The van der Waals surface area contributed by atoms with Crippen LogP contribution in [0.4, 0.5) is 5.69 Å². The van der Waals surface area contributed by atoms with Gasteiger partial charge < -0.3 is 10.2 Å². The summed E-state index contributed by atoms with van der Waals surface area (Å²) in [5.74, 6) is 0.510. The molecule has 0 radical (unpaired) electrons. The molecule has 2 atom stereocenters. The first kappa shape index (κ1) is 15.1. The van der Waals surface area contributed by atoms with Gasteiger partial charge in [0.05, 0.1) is 11.8 Å². The van der Waals surface area contributed by atoms with Crippen LogP contribution >= 0.6 is 0 Å². The van der Waals surface area contributed by atoms with E-state index in [0.717, 1.165) is 25.1 Å². The Morgan fingerprint density at radius 1 is 1.27 bits per heavy atom. The van der Waals surface area contributed by atoms with Crippen molar-refractivity contribution in [1.82, 2.24) is 5.32 Å². The van der Waals surface area contributed by atoms with E-state index >= 15 is 0 Å². The van der Waals surface area contributed by atoms with Gasteiger partial charge in [0.15, 0.2) is 0 Å². The third kappa shape index (κ3) is 3.01. The Kier molecular flexibility index (Phi) is 4.19. The quantitative estimate of drug-likeness (QED) is 0.907. The van der Waals surface area contributed by atoms with Crippen molar-refractivity contribution in [3.05, 3.63) is 29.8 Å². The summed E-state index contributed by atoms with van der Waals surface area (Å²) in [5, 5.41) is 2.96. The van der Waals surface area contributed by atoms with Crippen molar-refractivity contribution < 1.29 is 9.59 Å². The van der Waals surface area contributed by atoms with Gasteiger partial charge in [-0.1, -0.05) is 32.0 Å². The Hall–Kier alpha value is -1.84. The number of benzene rings is 1. The Labute approximate surface area is 131 Å². The number of anilines is 1. The normalized spacial score (nSPS) is 22.6. The van der Waals surface area contributed by atoms with Crippen LogP contribution in [0.25, 0.3) is 0 Å². The molecule has 1 fully saturated rings. The van der Waals surface area contributed by atoms with Gasteiger partial charge in [0, 0.05) is 18.8 Å². The maximum Gasteiger partial charge on any atom is 0.230 e. The molecule has 3 rings (SSSR count). The molecule has 2 aliphatic rings. The van der Waals surface area contributed by atoms with Gasteiger partial charge in [-0.2, -0.15) is 0 Å². The molecule has 0 bridgehead atoms. The number of hydrogen-bond acceptors (Lipinski definition) is 2. The van der Waals surface area contributed by atoms with Gasteiger partial charge in [0.1, 0.15) is 0 Å². The fourth-order valence-corrected chi connectivity index (χ4v) is 3.14. The van der Waals surface area contributed by atoms with E-state index in [2.05, 4.69) is 25.2 Å². The Balaban J connectivity index is 1.54. The Morgan fingerprint density at radius 3 is 2.82 bits per heavy atom. The van der Waals surface area contributed by atoms with Gasteiger partial charge in [0.25, 0.3) is 0 Å². The lowest BCUT2D eigenvalue weighted by Gasteiger charge is -2.17. The molecule has 22 heavy (non-hydrogen) atoms. The van der Waals surface area contributed by atoms with Crippen molar-refractivity contribution >= 4 is 17.5 Å². The van der Waals surface area contributed by atoms with Crippen molar-refractivity contribution in [2.24, 2.45) is 17.8 Å². The number of para-hydroxylation sites is 1. The van der Waals surface area contributed by atoms with Gasteiger partial charge in [-0.3, -0.25) is 9.59 Å². The molecular formula is C18H24N2O2. The summed E-state index contributed by atoms with van der Waals surface area (Å²) >= 11 is 0. The van der Waals surface area contributed by atoms with Crippen LogP contribution < -0.4 is 10.2 Å². The van der Waals surface area contributed by atoms with E-state index in [0.29, 0.717) is 18.9 Å². The third-order valence-corrected chi connectivity index (χ3v) is 4.62. The molecular weight excluding hydrogens is 276 g/mol. The average Bonchev–Trinajstić information content (AvgIpc) is 3.18. The Bertz CT molecular complexity index is 582. The zero-order valence-electron chi connectivity index (χ0n) is 13.3. The second-order valence-electron chi connectivity index (χ2n) is 6.79.